The molecular formula is C58H68N6O20. The van der Waals surface area contributed by atoms with Crippen LogP contribution in [0.5, 0.6) is 34.5 Å². The van der Waals surface area contributed by atoms with Crippen molar-refractivity contribution in [3.8, 4) is 34.5 Å². The fourth-order valence-corrected chi connectivity index (χ4v) is 12.5. The Bertz CT molecular complexity index is 3150. The zero-order valence-corrected chi connectivity index (χ0v) is 46.7. The lowest BCUT2D eigenvalue weighted by Gasteiger charge is -2.45. The number of hydrazine groups is 2. The second kappa shape index (κ2) is 22.7. The molecule has 10 rings (SSSR count). The zero-order valence-electron chi connectivity index (χ0n) is 46.7. The van der Waals surface area contributed by atoms with Crippen molar-refractivity contribution in [2.24, 2.45) is 11.5 Å². The van der Waals surface area contributed by atoms with E-state index in [9.17, 15) is 69.6 Å². The summed E-state index contributed by atoms with van der Waals surface area (Å²) in [6, 6.07) is 4.83. The largest absolute Gasteiger partial charge is 0.507 e. The molecule has 2 aliphatic heterocycles. The molecule has 4 aromatic carbocycles. The van der Waals surface area contributed by atoms with E-state index in [1.807, 2.05) is 0 Å². The van der Waals surface area contributed by atoms with Gasteiger partial charge in [0.05, 0.1) is 108 Å². The summed E-state index contributed by atoms with van der Waals surface area (Å²) in [6.45, 7) is 6.13. The summed E-state index contributed by atoms with van der Waals surface area (Å²) in [5.41, 5.74) is 16.0. The summed E-state index contributed by atoms with van der Waals surface area (Å²) in [5, 5.41) is 94.0. The molecule has 0 spiro atoms. The first-order valence-corrected chi connectivity index (χ1v) is 27.5. The van der Waals surface area contributed by atoms with Crippen molar-refractivity contribution in [3.63, 3.8) is 0 Å². The molecule has 2 fully saturated rings. The number of hydrogen-bond acceptors (Lipinski definition) is 24. The first-order chi connectivity index (χ1) is 39.7. The van der Waals surface area contributed by atoms with Crippen LogP contribution in [-0.4, -0.2) is 162 Å². The van der Waals surface area contributed by atoms with Gasteiger partial charge < -0.3 is 80.7 Å². The van der Waals surface area contributed by atoms with Crippen LogP contribution in [0.4, 0.5) is 0 Å². The smallest absolute Gasteiger partial charge is 0.234 e. The summed E-state index contributed by atoms with van der Waals surface area (Å²) in [4.78, 5) is 83.3. The number of fused-ring (bicyclic) bond motifs is 6. The molecule has 450 valence electrons. The normalized spacial score (nSPS) is 29.5. The molecule has 14 atom stereocenters. The van der Waals surface area contributed by atoms with Gasteiger partial charge in [-0.15, -0.1) is 0 Å². The number of ether oxygens (including phenoxy) is 6. The Morgan fingerprint density at radius 2 is 0.952 bits per heavy atom. The van der Waals surface area contributed by atoms with E-state index in [1.165, 1.54) is 64.5 Å². The molecular weight excluding hydrogens is 1100 g/mol. The van der Waals surface area contributed by atoms with E-state index in [1.54, 1.807) is 13.8 Å². The van der Waals surface area contributed by atoms with E-state index in [0.717, 1.165) is 0 Å². The van der Waals surface area contributed by atoms with Crippen molar-refractivity contribution in [2.75, 3.05) is 14.2 Å². The quantitative estimate of drug-likeness (QED) is 0.0497. The van der Waals surface area contributed by atoms with Gasteiger partial charge in [0.25, 0.3) is 0 Å². The van der Waals surface area contributed by atoms with Gasteiger partial charge in [-0.05, 0) is 39.8 Å². The number of rotatable bonds is 15. The molecule has 14 unspecified atom stereocenters. The number of nitrogens with two attached hydrogens (primary N) is 2. The van der Waals surface area contributed by atoms with Crippen LogP contribution in [0.25, 0.3) is 0 Å². The Balaban J connectivity index is 0.829. The fraction of sp³-hybridized carbons (Fsp3) is 0.483. The highest BCUT2D eigenvalue weighted by Crippen LogP contribution is 2.55. The molecule has 4 aliphatic carbocycles. The number of phenolic OH excluding ortho intramolecular Hbond substituents is 4. The van der Waals surface area contributed by atoms with Crippen molar-refractivity contribution in [1.29, 1.82) is 0 Å². The first kappa shape index (κ1) is 60.0. The van der Waals surface area contributed by atoms with Crippen LogP contribution in [-0.2, 0) is 41.4 Å². The number of hydrogen-bond donors (Lipinski definition) is 14. The average Bonchev–Trinajstić information content (AvgIpc) is 1.31. The Hall–Kier alpha value is -7.18. The number of benzene rings is 4. The number of methoxy groups -OCH3 is 2. The number of aromatic hydroxyl groups is 4. The minimum absolute atomic E-state index is 0.0393. The molecule has 2 heterocycles. The number of aliphatic hydroxyl groups is 4. The Morgan fingerprint density at radius 1 is 0.595 bits per heavy atom. The maximum atomic E-state index is 14.2. The van der Waals surface area contributed by atoms with Crippen molar-refractivity contribution >= 4 is 34.9 Å². The molecule has 84 heavy (non-hydrogen) atoms. The average molecular weight is 1170 g/mol. The SMILES string of the molecule is COc1cccc2c1C(=O)c1c(O)c3c(c(O)c1C2=O)CC(O)(C(C)NNC(=O)CCC(=O)NNC(C)C1(O)Cc2c(O)c4c(c(O)c2C(OC2CC(N)C(O)C(C)O2)C1)C(=O)c1c(OC)cccc1C4=O)CC3OC1CC(N)C(O)C(C)O1. The van der Waals surface area contributed by atoms with Crippen LogP contribution in [0, 0.1) is 0 Å². The Morgan fingerprint density at radius 3 is 1.30 bits per heavy atom. The van der Waals surface area contributed by atoms with E-state index in [4.69, 9.17) is 39.9 Å². The molecule has 0 aromatic heterocycles. The molecule has 26 nitrogen and oxygen atoms in total. The highest BCUT2D eigenvalue weighted by atomic mass is 16.7. The van der Waals surface area contributed by atoms with Gasteiger partial charge in [-0.25, -0.2) is 10.9 Å². The van der Waals surface area contributed by atoms with E-state index in [2.05, 4.69) is 21.7 Å². The molecule has 0 radical (unpaired) electrons. The monoisotopic (exact) mass is 1170 g/mol. The molecule has 4 aromatic rings. The maximum Gasteiger partial charge on any atom is 0.234 e. The zero-order chi connectivity index (χ0) is 60.8. The summed E-state index contributed by atoms with van der Waals surface area (Å²) < 4.78 is 35.3. The predicted octanol–water partition coefficient (Wildman–Crippen LogP) is 0.692. The molecule has 2 amide bonds. The topological polar surface area (TPSA) is 420 Å². The summed E-state index contributed by atoms with van der Waals surface area (Å²) >= 11 is 0. The number of phenols is 4. The Labute approximate surface area is 480 Å². The molecule has 0 bridgehead atoms. The van der Waals surface area contributed by atoms with Crippen LogP contribution in [0.3, 0.4) is 0 Å². The van der Waals surface area contributed by atoms with Crippen LogP contribution < -0.4 is 42.6 Å². The molecule has 26 heteroatoms. The lowest BCUT2D eigenvalue weighted by molar-refractivity contribution is -0.248. The first-order valence-electron chi connectivity index (χ1n) is 27.5. The predicted molar refractivity (Wildman–Crippen MR) is 290 cm³/mol. The Kier molecular flexibility index (Phi) is 16.2. The van der Waals surface area contributed by atoms with Gasteiger partial charge in [-0.2, -0.15) is 0 Å². The molecule has 6 aliphatic rings. The third-order valence-electron chi connectivity index (χ3n) is 17.4. The van der Waals surface area contributed by atoms with E-state index in [-0.39, 0.29) is 81.7 Å². The van der Waals surface area contributed by atoms with Crippen LogP contribution >= 0.6 is 0 Å². The number of carbonyl (C=O) groups excluding carboxylic acids is 6. The van der Waals surface area contributed by atoms with E-state index < -0.39 is 190 Å². The van der Waals surface area contributed by atoms with Crippen LogP contribution in [0.2, 0.25) is 0 Å². The van der Waals surface area contributed by atoms with Gasteiger partial charge in [-0.1, -0.05) is 24.3 Å². The van der Waals surface area contributed by atoms with Crippen LogP contribution in [0.1, 0.15) is 164 Å². The second-order valence-corrected chi connectivity index (χ2v) is 22.6. The van der Waals surface area contributed by atoms with Crippen molar-refractivity contribution < 1.29 is 98.0 Å². The second-order valence-electron chi connectivity index (χ2n) is 22.6. The standard InChI is InChI=1S/C58H68N6O20/c1-21-47(67)29(59)15-37(81-21)83-33-19-57(77,17-27-41(33)55(75)45-43(51(27)71)49(69)25-9-7-11-31(79-5)39(25)53(45)73)23(3)61-63-35(65)13-14-36(66)64-62-24(4)58(78)18-28-42(34(20-58)84-38-16-30(60)48(68)22(2)82-38)56(76)46-44(52(28)72)50(70)26-10-8-12-32(80-6)40(26)54(46)74/h7-12,21-24,29-30,33-34,37-38,47-48,61-62,67-68,71-72,75-78H,13-20,59-60H2,1-6H3,(H,63,65)(H,64,66). The van der Waals surface area contributed by atoms with E-state index in [0.29, 0.717) is 0 Å². The number of amides is 2. The fourth-order valence-electron chi connectivity index (χ4n) is 12.5. The third kappa shape index (κ3) is 10.2. The van der Waals surface area contributed by atoms with Crippen molar-refractivity contribution in [2.45, 2.75) is 164 Å². The molecule has 2 saturated heterocycles. The molecule has 16 N–H and O–H groups in total. The number of ketones is 4. The van der Waals surface area contributed by atoms with Gasteiger partial charge in [-0.3, -0.25) is 39.6 Å². The third-order valence-corrected chi connectivity index (χ3v) is 17.4. The summed E-state index contributed by atoms with van der Waals surface area (Å²) in [5.74, 6) is -7.34. The highest BCUT2D eigenvalue weighted by Gasteiger charge is 2.52. The van der Waals surface area contributed by atoms with Gasteiger partial charge in [0, 0.05) is 96.8 Å². The van der Waals surface area contributed by atoms with Crippen LogP contribution in [0.15, 0.2) is 36.4 Å². The van der Waals surface area contributed by atoms with E-state index >= 15 is 0 Å². The lowest BCUT2D eigenvalue weighted by Crippen LogP contribution is -2.59. The van der Waals surface area contributed by atoms with Crippen molar-refractivity contribution in [3.05, 3.63) is 103 Å². The van der Waals surface area contributed by atoms with Crippen molar-refractivity contribution in [1.82, 2.24) is 21.7 Å². The van der Waals surface area contributed by atoms with Gasteiger partial charge in [0.15, 0.2) is 24.1 Å². The maximum absolute atomic E-state index is 14.2. The van der Waals surface area contributed by atoms with Gasteiger partial charge in [0.2, 0.25) is 23.4 Å². The van der Waals surface area contributed by atoms with Gasteiger partial charge >= 0.3 is 0 Å². The minimum atomic E-state index is -1.96. The number of aliphatic hydroxyl groups excluding tert-OH is 2. The number of carbonyl (C=O) groups is 6. The number of nitrogens with one attached hydrogen (secondary N) is 4. The molecule has 0 saturated carbocycles. The summed E-state index contributed by atoms with van der Waals surface area (Å²) in [6.07, 6.45) is -11.3. The lowest BCUT2D eigenvalue weighted by atomic mass is 9.71. The van der Waals surface area contributed by atoms with Gasteiger partial charge in [0.1, 0.15) is 34.5 Å². The highest BCUT2D eigenvalue weighted by molar-refractivity contribution is 6.32. The minimum Gasteiger partial charge on any atom is -0.507 e. The summed E-state index contributed by atoms with van der Waals surface area (Å²) in [7, 11) is 2.62.